The number of hydrogen-bond donors (Lipinski definition) is 6. The Morgan fingerprint density at radius 1 is 0.756 bits per heavy atom. The van der Waals surface area contributed by atoms with Crippen molar-refractivity contribution >= 4 is 24.0 Å². The van der Waals surface area contributed by atoms with Gasteiger partial charge in [-0.05, 0) is 64.6 Å². The van der Waals surface area contributed by atoms with E-state index in [1.807, 2.05) is 0 Å². The van der Waals surface area contributed by atoms with Crippen molar-refractivity contribution in [1.29, 1.82) is 0 Å². The first kappa shape index (κ1) is 33.5. The Kier molecular flexibility index (Phi) is 14.6. The number of aromatic nitrogens is 4. The van der Waals surface area contributed by atoms with Crippen LogP contribution in [0.5, 0.6) is 0 Å². The van der Waals surface area contributed by atoms with Crippen LogP contribution in [0.3, 0.4) is 0 Å². The standard InChI is InChI=1S/C28H47N9O4/c1-19(2)20(3)11-7-6-8-14-37(15-9-12-29-27(40)35-25-31-21(4)17-23(38)33-25)16-10-13-30-28(41)36-26-32-22(5)18-24(39)34-26/h17-20H,6-16H2,1-5H3,(H3,29,31,33,35,38,40)(H3,30,32,34,36,39,41). The highest BCUT2D eigenvalue weighted by atomic mass is 16.2. The second-order valence-electron chi connectivity index (χ2n) is 10.9. The number of aromatic amines is 2. The summed E-state index contributed by atoms with van der Waals surface area (Å²) in [6.07, 6.45) is 6.19. The van der Waals surface area contributed by atoms with Crippen LogP contribution in [0.2, 0.25) is 0 Å². The van der Waals surface area contributed by atoms with Crippen LogP contribution >= 0.6 is 0 Å². The van der Waals surface area contributed by atoms with E-state index in [1.54, 1.807) is 13.8 Å². The number of nitrogens with zero attached hydrogens (tertiary/aromatic N) is 3. The van der Waals surface area contributed by atoms with Gasteiger partial charge in [-0.15, -0.1) is 0 Å². The average Bonchev–Trinajstić information content (AvgIpc) is 2.86. The molecule has 0 aliphatic heterocycles. The molecule has 0 spiro atoms. The molecule has 6 N–H and O–H groups in total. The van der Waals surface area contributed by atoms with Crippen molar-refractivity contribution < 1.29 is 9.59 Å². The lowest BCUT2D eigenvalue weighted by Crippen LogP contribution is -2.36. The molecule has 0 aromatic carbocycles. The molecule has 0 bridgehead atoms. The van der Waals surface area contributed by atoms with Crippen molar-refractivity contribution in [3.63, 3.8) is 0 Å². The molecule has 0 saturated heterocycles. The molecule has 4 amide bonds. The Bertz CT molecular complexity index is 1130. The third-order valence-corrected chi connectivity index (χ3v) is 6.85. The van der Waals surface area contributed by atoms with E-state index in [0.29, 0.717) is 30.4 Å². The molecule has 0 aliphatic carbocycles. The smallest absolute Gasteiger partial charge is 0.321 e. The lowest BCUT2D eigenvalue weighted by molar-refractivity contribution is 0.242. The predicted molar refractivity (Wildman–Crippen MR) is 161 cm³/mol. The maximum absolute atomic E-state index is 12.2. The maximum Gasteiger partial charge on any atom is 0.321 e. The molecule has 2 aromatic heterocycles. The number of anilines is 2. The van der Waals surface area contributed by atoms with E-state index < -0.39 is 12.1 Å². The van der Waals surface area contributed by atoms with Gasteiger partial charge in [-0.2, -0.15) is 0 Å². The minimum Gasteiger partial charge on any atom is -0.338 e. The zero-order valence-corrected chi connectivity index (χ0v) is 25.1. The zero-order valence-electron chi connectivity index (χ0n) is 25.1. The summed E-state index contributed by atoms with van der Waals surface area (Å²) < 4.78 is 0. The molecule has 2 aromatic rings. The van der Waals surface area contributed by atoms with Crippen LogP contribution in [0.25, 0.3) is 0 Å². The van der Waals surface area contributed by atoms with E-state index in [2.05, 4.69) is 66.9 Å². The van der Waals surface area contributed by atoms with Crippen LogP contribution in [0.1, 0.15) is 70.7 Å². The van der Waals surface area contributed by atoms with Crippen molar-refractivity contribution in [2.75, 3.05) is 43.4 Å². The summed E-state index contributed by atoms with van der Waals surface area (Å²) in [5, 5.41) is 10.7. The minimum atomic E-state index is -0.427. The predicted octanol–water partition coefficient (Wildman–Crippen LogP) is 3.35. The molecule has 0 aliphatic rings. The minimum absolute atomic E-state index is 0.113. The summed E-state index contributed by atoms with van der Waals surface area (Å²) in [6, 6.07) is 1.86. The van der Waals surface area contributed by atoms with Crippen LogP contribution < -0.4 is 32.4 Å². The SMILES string of the molecule is Cc1cc(=O)[nH]c(NC(=O)NCCCN(CCCCCC(C)C(C)C)CCCNC(=O)Nc2nc(C)cc(=O)[nH]2)n1. The maximum atomic E-state index is 12.2. The lowest BCUT2D eigenvalue weighted by atomic mass is 9.92. The van der Waals surface area contributed by atoms with Gasteiger partial charge >= 0.3 is 12.1 Å². The topological polar surface area (TPSA) is 177 Å². The second kappa shape index (κ2) is 17.8. The molecular weight excluding hydrogens is 526 g/mol. The highest BCUT2D eigenvalue weighted by Gasteiger charge is 2.10. The molecule has 0 saturated carbocycles. The number of carbonyl (C=O) groups excluding carboxylic acids is 2. The summed E-state index contributed by atoms with van der Waals surface area (Å²) >= 11 is 0. The van der Waals surface area contributed by atoms with E-state index in [1.165, 1.54) is 25.0 Å². The van der Waals surface area contributed by atoms with E-state index in [-0.39, 0.29) is 23.0 Å². The van der Waals surface area contributed by atoms with E-state index in [9.17, 15) is 19.2 Å². The van der Waals surface area contributed by atoms with Gasteiger partial charge in [-0.3, -0.25) is 30.2 Å². The molecular formula is C28H47N9O4. The number of urea groups is 2. The molecule has 0 radical (unpaired) electrons. The highest BCUT2D eigenvalue weighted by molar-refractivity contribution is 5.87. The van der Waals surface area contributed by atoms with Crippen LogP contribution in [0.4, 0.5) is 21.5 Å². The van der Waals surface area contributed by atoms with Gasteiger partial charge in [0.1, 0.15) is 0 Å². The van der Waals surface area contributed by atoms with Crippen molar-refractivity contribution in [2.24, 2.45) is 11.8 Å². The first-order valence-electron chi connectivity index (χ1n) is 14.5. The van der Waals surface area contributed by atoms with Gasteiger partial charge in [0.2, 0.25) is 11.9 Å². The first-order valence-corrected chi connectivity index (χ1v) is 14.5. The summed E-state index contributed by atoms with van der Waals surface area (Å²) in [5.74, 6) is 1.65. The van der Waals surface area contributed by atoms with Crippen LogP contribution in [0, 0.1) is 25.7 Å². The van der Waals surface area contributed by atoms with Gasteiger partial charge in [-0.1, -0.05) is 40.0 Å². The molecule has 228 valence electrons. The zero-order chi connectivity index (χ0) is 30.2. The lowest BCUT2D eigenvalue weighted by Gasteiger charge is -2.23. The number of aryl methyl sites for hydroxylation is 2. The molecule has 13 heteroatoms. The van der Waals surface area contributed by atoms with Crippen LogP contribution in [0.15, 0.2) is 21.7 Å². The fraction of sp³-hybridized carbons (Fsp3) is 0.643. The number of amides is 4. The van der Waals surface area contributed by atoms with E-state index in [0.717, 1.165) is 51.2 Å². The Morgan fingerprint density at radius 3 is 1.66 bits per heavy atom. The monoisotopic (exact) mass is 573 g/mol. The van der Waals surface area contributed by atoms with Crippen molar-refractivity contribution in [2.45, 2.75) is 73.1 Å². The summed E-state index contributed by atoms with van der Waals surface area (Å²) in [5.41, 5.74) is 0.394. The Labute approximate surface area is 241 Å². The third-order valence-electron chi connectivity index (χ3n) is 6.85. The Morgan fingerprint density at radius 2 is 1.22 bits per heavy atom. The first-order chi connectivity index (χ1) is 19.5. The fourth-order valence-electron chi connectivity index (χ4n) is 4.24. The fourth-order valence-corrected chi connectivity index (χ4v) is 4.24. The third kappa shape index (κ3) is 14.5. The molecule has 2 heterocycles. The quantitative estimate of drug-likeness (QED) is 0.157. The molecule has 1 atom stereocenters. The van der Waals surface area contributed by atoms with Gasteiger partial charge in [-0.25, -0.2) is 19.6 Å². The van der Waals surface area contributed by atoms with Gasteiger partial charge < -0.3 is 15.5 Å². The second-order valence-corrected chi connectivity index (χ2v) is 10.9. The van der Waals surface area contributed by atoms with Crippen LogP contribution in [-0.4, -0.2) is 69.6 Å². The summed E-state index contributed by atoms with van der Waals surface area (Å²) in [4.78, 5) is 63.0. The van der Waals surface area contributed by atoms with Crippen molar-refractivity contribution in [3.8, 4) is 0 Å². The number of hydrogen-bond acceptors (Lipinski definition) is 7. The Hall–Kier alpha value is -3.74. The van der Waals surface area contributed by atoms with Crippen molar-refractivity contribution in [3.05, 3.63) is 44.2 Å². The summed E-state index contributed by atoms with van der Waals surface area (Å²) in [7, 11) is 0. The van der Waals surface area contributed by atoms with Gasteiger partial charge in [0, 0.05) is 36.6 Å². The van der Waals surface area contributed by atoms with Gasteiger partial charge in [0.05, 0.1) is 0 Å². The highest BCUT2D eigenvalue weighted by Crippen LogP contribution is 2.17. The number of H-pyrrole nitrogens is 2. The largest absolute Gasteiger partial charge is 0.338 e. The number of rotatable bonds is 17. The van der Waals surface area contributed by atoms with E-state index in [4.69, 9.17) is 0 Å². The molecule has 2 rings (SSSR count). The molecule has 13 nitrogen and oxygen atoms in total. The number of nitrogens with one attached hydrogen (secondary N) is 6. The number of unbranched alkanes of at least 4 members (excludes halogenated alkanes) is 2. The van der Waals surface area contributed by atoms with Gasteiger partial charge in [0.15, 0.2) is 0 Å². The average molecular weight is 574 g/mol. The molecule has 41 heavy (non-hydrogen) atoms. The number of carbonyl (C=O) groups is 2. The van der Waals surface area contributed by atoms with Gasteiger partial charge in [0.25, 0.3) is 11.1 Å². The van der Waals surface area contributed by atoms with E-state index >= 15 is 0 Å². The summed E-state index contributed by atoms with van der Waals surface area (Å²) in [6.45, 7) is 13.7. The van der Waals surface area contributed by atoms with Crippen molar-refractivity contribution in [1.82, 2.24) is 35.5 Å². The molecule has 0 fully saturated rings. The Balaban J connectivity index is 1.75. The molecule has 1 unspecified atom stereocenters. The van der Waals surface area contributed by atoms with Crippen LogP contribution in [-0.2, 0) is 0 Å². The normalized spacial score (nSPS) is 11.9.